The SMILES string of the molecule is Cc1nc(N)sc1Cc1ccc(I)cc1. The Bertz CT molecular complexity index is 462. The molecule has 0 fully saturated rings. The number of hydrogen-bond acceptors (Lipinski definition) is 3. The van der Waals surface area contributed by atoms with E-state index in [1.807, 2.05) is 6.92 Å². The number of anilines is 1. The van der Waals surface area contributed by atoms with E-state index >= 15 is 0 Å². The van der Waals surface area contributed by atoms with Crippen molar-refractivity contribution < 1.29 is 0 Å². The zero-order valence-corrected chi connectivity index (χ0v) is 11.3. The van der Waals surface area contributed by atoms with Crippen LogP contribution < -0.4 is 5.73 Å². The zero-order valence-electron chi connectivity index (χ0n) is 8.33. The first-order valence-corrected chi connectivity index (χ1v) is 6.51. The Hall–Kier alpha value is -0.620. The highest BCUT2D eigenvalue weighted by Gasteiger charge is 2.05. The number of aromatic nitrogens is 1. The van der Waals surface area contributed by atoms with E-state index in [0.717, 1.165) is 12.1 Å². The molecule has 2 N–H and O–H groups in total. The van der Waals surface area contributed by atoms with Gasteiger partial charge >= 0.3 is 0 Å². The molecule has 4 heteroatoms. The summed E-state index contributed by atoms with van der Waals surface area (Å²) in [6.07, 6.45) is 0.928. The maximum absolute atomic E-state index is 5.66. The molecule has 0 spiro atoms. The fourth-order valence-electron chi connectivity index (χ4n) is 1.40. The molecular formula is C11H11IN2S. The summed E-state index contributed by atoms with van der Waals surface area (Å²) in [4.78, 5) is 5.48. The first-order valence-electron chi connectivity index (χ1n) is 4.61. The minimum absolute atomic E-state index is 0.660. The van der Waals surface area contributed by atoms with Crippen molar-refractivity contribution in [1.29, 1.82) is 0 Å². The van der Waals surface area contributed by atoms with Gasteiger partial charge in [-0.15, -0.1) is 11.3 Å². The second-order valence-corrected chi connectivity index (χ2v) is 5.72. The lowest BCUT2D eigenvalue weighted by molar-refractivity contribution is 1.15. The van der Waals surface area contributed by atoms with Crippen molar-refractivity contribution in [3.8, 4) is 0 Å². The first kappa shape index (κ1) is 10.9. The second kappa shape index (κ2) is 4.49. The summed E-state index contributed by atoms with van der Waals surface area (Å²) in [5, 5.41) is 0.660. The van der Waals surface area contributed by atoms with Gasteiger partial charge in [-0.2, -0.15) is 0 Å². The van der Waals surface area contributed by atoms with Crippen molar-refractivity contribution in [1.82, 2.24) is 4.98 Å². The number of halogens is 1. The van der Waals surface area contributed by atoms with E-state index in [-0.39, 0.29) is 0 Å². The van der Waals surface area contributed by atoms with E-state index in [1.54, 1.807) is 11.3 Å². The lowest BCUT2D eigenvalue weighted by atomic mass is 10.1. The van der Waals surface area contributed by atoms with Crippen LogP contribution in [0.1, 0.15) is 16.1 Å². The Morgan fingerprint density at radius 3 is 2.53 bits per heavy atom. The van der Waals surface area contributed by atoms with Crippen LogP contribution in [0.3, 0.4) is 0 Å². The number of benzene rings is 1. The lowest BCUT2D eigenvalue weighted by Crippen LogP contribution is -1.87. The van der Waals surface area contributed by atoms with Crippen molar-refractivity contribution in [2.45, 2.75) is 13.3 Å². The average Bonchev–Trinajstić information content (AvgIpc) is 2.49. The molecule has 0 unspecified atom stereocenters. The van der Waals surface area contributed by atoms with Crippen LogP contribution in [0, 0.1) is 10.5 Å². The molecule has 78 valence electrons. The number of aryl methyl sites for hydroxylation is 1. The molecule has 0 atom stereocenters. The smallest absolute Gasteiger partial charge is 0.180 e. The summed E-state index contributed by atoms with van der Waals surface area (Å²) >= 11 is 3.89. The van der Waals surface area contributed by atoms with Crippen molar-refractivity contribution >= 4 is 39.1 Å². The first-order chi connectivity index (χ1) is 7.15. The summed E-state index contributed by atoms with van der Waals surface area (Å²) in [7, 11) is 0. The highest BCUT2D eigenvalue weighted by Crippen LogP contribution is 2.23. The standard InChI is InChI=1S/C11H11IN2S/c1-7-10(15-11(13)14-7)6-8-2-4-9(12)5-3-8/h2-5H,6H2,1H3,(H2,13,14). The van der Waals surface area contributed by atoms with Crippen molar-refractivity contribution in [3.63, 3.8) is 0 Å². The summed E-state index contributed by atoms with van der Waals surface area (Å²) in [6.45, 7) is 2.01. The summed E-state index contributed by atoms with van der Waals surface area (Å²) < 4.78 is 1.26. The van der Waals surface area contributed by atoms with Crippen LogP contribution in [0.4, 0.5) is 5.13 Å². The highest BCUT2D eigenvalue weighted by molar-refractivity contribution is 14.1. The molecule has 2 nitrogen and oxygen atoms in total. The number of nitrogen functional groups attached to an aromatic ring is 1. The van der Waals surface area contributed by atoms with Gasteiger partial charge in [-0.05, 0) is 47.2 Å². The summed E-state index contributed by atoms with van der Waals surface area (Å²) in [5.41, 5.74) is 8.02. The van der Waals surface area contributed by atoms with E-state index in [0.29, 0.717) is 5.13 Å². The quantitative estimate of drug-likeness (QED) is 0.859. The minimum atomic E-state index is 0.660. The monoisotopic (exact) mass is 330 g/mol. The van der Waals surface area contributed by atoms with Crippen molar-refractivity contribution in [3.05, 3.63) is 44.0 Å². The van der Waals surface area contributed by atoms with E-state index in [1.165, 1.54) is 14.0 Å². The number of nitrogens with two attached hydrogens (primary N) is 1. The highest BCUT2D eigenvalue weighted by atomic mass is 127. The van der Waals surface area contributed by atoms with Gasteiger partial charge in [-0.1, -0.05) is 12.1 Å². The summed E-state index contributed by atoms with van der Waals surface area (Å²) in [6, 6.07) is 8.54. The maximum atomic E-state index is 5.66. The molecule has 0 aliphatic carbocycles. The number of rotatable bonds is 2. The fourth-order valence-corrected chi connectivity index (χ4v) is 2.63. The van der Waals surface area contributed by atoms with Crippen LogP contribution in [0.5, 0.6) is 0 Å². The average molecular weight is 330 g/mol. The third-order valence-corrected chi connectivity index (χ3v) is 3.89. The number of nitrogens with zero attached hydrogens (tertiary/aromatic N) is 1. The Balaban J connectivity index is 2.21. The van der Waals surface area contributed by atoms with Crippen LogP contribution in [-0.2, 0) is 6.42 Å². The molecule has 15 heavy (non-hydrogen) atoms. The van der Waals surface area contributed by atoms with E-state index < -0.39 is 0 Å². The van der Waals surface area contributed by atoms with E-state index in [9.17, 15) is 0 Å². The molecule has 0 aliphatic heterocycles. The van der Waals surface area contributed by atoms with Crippen LogP contribution in [-0.4, -0.2) is 4.98 Å². The third kappa shape index (κ3) is 2.69. The van der Waals surface area contributed by atoms with Crippen LogP contribution >= 0.6 is 33.9 Å². The number of hydrogen-bond donors (Lipinski definition) is 1. The van der Waals surface area contributed by atoms with Gasteiger partial charge in [-0.25, -0.2) is 4.98 Å². The molecule has 2 rings (SSSR count). The molecule has 0 saturated carbocycles. The van der Waals surface area contributed by atoms with Crippen LogP contribution in [0.25, 0.3) is 0 Å². The van der Waals surface area contributed by atoms with Crippen LogP contribution in [0.2, 0.25) is 0 Å². The molecule has 1 heterocycles. The topological polar surface area (TPSA) is 38.9 Å². The molecule has 1 aromatic heterocycles. The Morgan fingerprint density at radius 2 is 2.00 bits per heavy atom. The fraction of sp³-hybridized carbons (Fsp3) is 0.182. The van der Waals surface area contributed by atoms with Gasteiger partial charge in [0.2, 0.25) is 0 Å². The predicted molar refractivity (Wildman–Crippen MR) is 73.2 cm³/mol. The van der Waals surface area contributed by atoms with E-state index in [4.69, 9.17) is 5.73 Å². The maximum Gasteiger partial charge on any atom is 0.180 e. The van der Waals surface area contributed by atoms with Gasteiger partial charge in [0.1, 0.15) is 0 Å². The van der Waals surface area contributed by atoms with Gasteiger partial charge in [0.25, 0.3) is 0 Å². The molecule has 0 bridgehead atoms. The second-order valence-electron chi connectivity index (χ2n) is 3.36. The van der Waals surface area contributed by atoms with E-state index in [2.05, 4.69) is 51.8 Å². The van der Waals surface area contributed by atoms with Gasteiger partial charge in [0.15, 0.2) is 5.13 Å². The lowest BCUT2D eigenvalue weighted by Gasteiger charge is -1.99. The molecule has 0 amide bonds. The normalized spacial score (nSPS) is 10.5. The molecule has 0 saturated heterocycles. The Morgan fingerprint density at radius 1 is 1.33 bits per heavy atom. The summed E-state index contributed by atoms with van der Waals surface area (Å²) in [5.74, 6) is 0. The third-order valence-electron chi connectivity index (χ3n) is 2.19. The molecule has 1 aromatic carbocycles. The molecule has 2 aromatic rings. The Kier molecular flexibility index (Phi) is 3.25. The van der Waals surface area contributed by atoms with Crippen molar-refractivity contribution in [2.24, 2.45) is 0 Å². The van der Waals surface area contributed by atoms with Gasteiger partial charge in [0, 0.05) is 14.9 Å². The molecule has 0 radical (unpaired) electrons. The minimum Gasteiger partial charge on any atom is -0.375 e. The van der Waals surface area contributed by atoms with Crippen LogP contribution in [0.15, 0.2) is 24.3 Å². The Labute approximate surface area is 107 Å². The molecule has 0 aliphatic rings. The van der Waals surface area contributed by atoms with Gasteiger partial charge in [-0.3, -0.25) is 0 Å². The van der Waals surface area contributed by atoms with Gasteiger partial charge in [0.05, 0.1) is 5.69 Å². The largest absolute Gasteiger partial charge is 0.375 e. The van der Waals surface area contributed by atoms with Crippen molar-refractivity contribution in [2.75, 3.05) is 5.73 Å². The predicted octanol–water partition coefficient (Wildman–Crippen LogP) is 3.23. The number of thiazole rings is 1. The van der Waals surface area contributed by atoms with Gasteiger partial charge < -0.3 is 5.73 Å². The molecular weight excluding hydrogens is 319 g/mol. The zero-order chi connectivity index (χ0) is 10.8.